The molecule has 156 valence electrons. The first-order valence-electron chi connectivity index (χ1n) is 9.40. The Kier molecular flexibility index (Phi) is 5.42. The van der Waals surface area contributed by atoms with Crippen LogP contribution in [0.15, 0.2) is 19.1 Å². The van der Waals surface area contributed by atoms with Crippen molar-refractivity contribution in [2.24, 2.45) is 14.1 Å². The molecule has 0 unspecified atom stereocenters. The normalized spacial score (nSPS) is 13.4. The third-order valence-corrected chi connectivity index (χ3v) is 5.62. The van der Waals surface area contributed by atoms with E-state index in [4.69, 9.17) is 4.52 Å². The second-order valence-electron chi connectivity index (χ2n) is 8.41. The van der Waals surface area contributed by atoms with E-state index in [0.29, 0.717) is 33.6 Å². The van der Waals surface area contributed by atoms with E-state index in [1.165, 1.54) is 23.4 Å². The zero-order valence-electron chi connectivity index (χ0n) is 18.0. The summed E-state index contributed by atoms with van der Waals surface area (Å²) in [5, 5.41) is 4.58. The fourth-order valence-electron chi connectivity index (χ4n) is 2.71. The zero-order chi connectivity index (χ0) is 21.7. The van der Waals surface area contributed by atoms with Gasteiger partial charge in [0.15, 0.2) is 11.5 Å². The highest BCUT2D eigenvalue weighted by atomic mass is 32.2. The summed E-state index contributed by atoms with van der Waals surface area (Å²) >= 11 is 1.34. The number of aromatic nitrogens is 6. The lowest BCUT2D eigenvalue weighted by Gasteiger charge is -2.20. The Hall–Kier alpha value is -2.49. The van der Waals surface area contributed by atoms with E-state index in [2.05, 4.69) is 20.1 Å². The number of aryl methyl sites for hydroxylation is 1. The van der Waals surface area contributed by atoms with Crippen molar-refractivity contribution >= 4 is 22.8 Å². The third-order valence-electron chi connectivity index (χ3n) is 4.55. The van der Waals surface area contributed by atoms with E-state index in [1.807, 2.05) is 41.5 Å². The minimum absolute atomic E-state index is 0.152. The third kappa shape index (κ3) is 3.85. The summed E-state index contributed by atoms with van der Waals surface area (Å²) in [6.45, 7) is 11.8. The van der Waals surface area contributed by atoms with Gasteiger partial charge < -0.3 is 4.52 Å². The molecule has 3 aromatic heterocycles. The largest absolute Gasteiger partial charge is 0.338 e. The summed E-state index contributed by atoms with van der Waals surface area (Å²) in [5.74, 6) is 1.80. The molecule has 9 nitrogen and oxygen atoms in total. The Labute approximate surface area is 172 Å². The van der Waals surface area contributed by atoms with Crippen LogP contribution >= 0.6 is 11.8 Å². The number of hydrogen-bond donors (Lipinski definition) is 0. The fourth-order valence-corrected chi connectivity index (χ4v) is 3.68. The molecule has 10 heteroatoms. The highest BCUT2D eigenvalue weighted by molar-refractivity contribution is 7.99. The number of nitrogens with zero attached hydrogens (tertiary/aromatic N) is 6. The van der Waals surface area contributed by atoms with Crippen LogP contribution in [0.5, 0.6) is 0 Å². The molecule has 0 spiro atoms. The molecule has 1 atom stereocenters. The number of hydrogen-bond acceptors (Lipinski definition) is 8. The molecular weight excluding hydrogens is 392 g/mol. The van der Waals surface area contributed by atoms with Crippen LogP contribution in [-0.2, 0) is 19.5 Å². The summed E-state index contributed by atoms with van der Waals surface area (Å²) < 4.78 is 7.85. The Morgan fingerprint density at radius 2 is 1.66 bits per heavy atom. The van der Waals surface area contributed by atoms with Gasteiger partial charge in [0, 0.05) is 25.4 Å². The minimum atomic E-state index is -0.427. The van der Waals surface area contributed by atoms with E-state index >= 15 is 0 Å². The predicted octanol–water partition coefficient (Wildman–Crippen LogP) is 2.68. The SMILES string of the molecule is CC(C)c1noc([C@H](C)Sc2nc(C(C)(C)C)nc3c2c(=O)n(C)c(=O)n3C)n1. The van der Waals surface area contributed by atoms with Gasteiger partial charge >= 0.3 is 5.69 Å². The lowest BCUT2D eigenvalue weighted by atomic mass is 9.96. The smallest absolute Gasteiger partial charge is 0.332 e. The van der Waals surface area contributed by atoms with Crippen LogP contribution in [0.25, 0.3) is 11.0 Å². The van der Waals surface area contributed by atoms with Gasteiger partial charge in [0.05, 0.1) is 5.25 Å². The molecule has 0 saturated carbocycles. The van der Waals surface area contributed by atoms with Crippen molar-refractivity contribution in [2.75, 3.05) is 0 Å². The van der Waals surface area contributed by atoms with Gasteiger partial charge in [-0.25, -0.2) is 14.8 Å². The standard InChI is InChI=1S/C19H26N6O3S/c1-9(2)12-20-14(28-23-12)10(3)29-15-11-13(21-17(22-15)19(4,5)6)24(7)18(27)25(8)16(11)26/h9-10H,1-8H3/t10-/m0/s1. The molecule has 0 fully saturated rings. The summed E-state index contributed by atoms with van der Waals surface area (Å²) in [7, 11) is 3.06. The summed E-state index contributed by atoms with van der Waals surface area (Å²) in [5.41, 5.74) is -0.893. The van der Waals surface area contributed by atoms with Crippen LogP contribution < -0.4 is 11.2 Å². The van der Waals surface area contributed by atoms with Crippen molar-refractivity contribution in [1.82, 2.24) is 29.2 Å². The molecule has 3 heterocycles. The molecule has 3 aromatic rings. The fraction of sp³-hybridized carbons (Fsp3) is 0.579. The number of fused-ring (bicyclic) bond motifs is 1. The molecule has 0 aliphatic rings. The van der Waals surface area contributed by atoms with Crippen molar-refractivity contribution in [2.45, 2.75) is 63.2 Å². The molecule has 0 aromatic carbocycles. The van der Waals surface area contributed by atoms with Crippen LogP contribution in [-0.4, -0.2) is 29.2 Å². The van der Waals surface area contributed by atoms with Crippen molar-refractivity contribution in [3.63, 3.8) is 0 Å². The van der Waals surface area contributed by atoms with Crippen molar-refractivity contribution < 1.29 is 4.52 Å². The highest BCUT2D eigenvalue weighted by Gasteiger charge is 2.26. The van der Waals surface area contributed by atoms with Gasteiger partial charge in [0.2, 0.25) is 5.89 Å². The van der Waals surface area contributed by atoms with Crippen LogP contribution in [0.1, 0.15) is 70.2 Å². The first-order chi connectivity index (χ1) is 13.4. The Balaban J connectivity index is 2.21. The Morgan fingerprint density at radius 3 is 2.21 bits per heavy atom. The molecule has 0 aliphatic heterocycles. The van der Waals surface area contributed by atoms with Gasteiger partial charge in [-0.05, 0) is 6.92 Å². The molecule has 0 saturated heterocycles. The van der Waals surface area contributed by atoms with Crippen LogP contribution in [0.4, 0.5) is 0 Å². The zero-order valence-corrected chi connectivity index (χ0v) is 18.8. The molecule has 0 aliphatic carbocycles. The molecule has 0 bridgehead atoms. The second-order valence-corrected chi connectivity index (χ2v) is 9.74. The molecule has 3 rings (SSSR count). The first kappa shape index (κ1) is 21.2. The van der Waals surface area contributed by atoms with Gasteiger partial charge in [-0.1, -0.05) is 51.5 Å². The minimum Gasteiger partial charge on any atom is -0.338 e. The van der Waals surface area contributed by atoms with Gasteiger partial charge in [0.25, 0.3) is 5.56 Å². The van der Waals surface area contributed by atoms with Gasteiger partial charge in [0.1, 0.15) is 16.2 Å². The first-order valence-corrected chi connectivity index (χ1v) is 10.3. The monoisotopic (exact) mass is 418 g/mol. The van der Waals surface area contributed by atoms with E-state index in [0.717, 1.165) is 4.57 Å². The Morgan fingerprint density at radius 1 is 1.00 bits per heavy atom. The molecule has 0 N–H and O–H groups in total. The van der Waals surface area contributed by atoms with E-state index in [1.54, 1.807) is 7.05 Å². The van der Waals surface area contributed by atoms with E-state index in [-0.39, 0.29) is 16.6 Å². The maximum atomic E-state index is 12.9. The van der Waals surface area contributed by atoms with E-state index in [9.17, 15) is 9.59 Å². The molecule has 0 amide bonds. The lowest BCUT2D eigenvalue weighted by molar-refractivity contribution is 0.373. The van der Waals surface area contributed by atoms with Gasteiger partial charge in [-0.3, -0.25) is 13.9 Å². The van der Waals surface area contributed by atoms with Crippen molar-refractivity contribution in [1.29, 1.82) is 0 Å². The lowest BCUT2D eigenvalue weighted by Crippen LogP contribution is -2.38. The van der Waals surface area contributed by atoms with Crippen molar-refractivity contribution in [3.8, 4) is 0 Å². The van der Waals surface area contributed by atoms with Crippen LogP contribution in [0, 0.1) is 0 Å². The number of rotatable bonds is 4. The summed E-state index contributed by atoms with van der Waals surface area (Å²) in [4.78, 5) is 39.0. The predicted molar refractivity (Wildman–Crippen MR) is 111 cm³/mol. The van der Waals surface area contributed by atoms with Gasteiger partial charge in [-0.2, -0.15) is 4.98 Å². The highest BCUT2D eigenvalue weighted by Crippen LogP contribution is 2.36. The second kappa shape index (κ2) is 7.40. The Bertz CT molecular complexity index is 1190. The summed E-state index contributed by atoms with van der Waals surface area (Å²) in [6.07, 6.45) is 0. The molecule has 0 radical (unpaired) electrons. The van der Waals surface area contributed by atoms with Crippen molar-refractivity contribution in [3.05, 3.63) is 38.4 Å². The quantitative estimate of drug-likeness (QED) is 0.470. The molecular formula is C19H26N6O3S. The topological polar surface area (TPSA) is 109 Å². The maximum absolute atomic E-state index is 12.9. The maximum Gasteiger partial charge on any atom is 0.332 e. The average molecular weight is 419 g/mol. The van der Waals surface area contributed by atoms with Gasteiger partial charge in [-0.15, -0.1) is 0 Å². The summed E-state index contributed by atoms with van der Waals surface area (Å²) in [6, 6.07) is 0. The average Bonchev–Trinajstić information content (AvgIpc) is 3.14. The number of thioether (sulfide) groups is 1. The van der Waals surface area contributed by atoms with Crippen LogP contribution in [0.2, 0.25) is 0 Å². The van der Waals surface area contributed by atoms with Crippen LogP contribution in [0.3, 0.4) is 0 Å². The van der Waals surface area contributed by atoms with E-state index < -0.39 is 11.2 Å². The molecule has 29 heavy (non-hydrogen) atoms.